The lowest BCUT2D eigenvalue weighted by Crippen LogP contribution is -2.50. The Morgan fingerprint density at radius 3 is 2.67 bits per heavy atom. The van der Waals surface area contributed by atoms with E-state index in [-0.39, 0.29) is 23.6 Å². The van der Waals surface area contributed by atoms with Crippen molar-refractivity contribution in [3.63, 3.8) is 0 Å². The van der Waals surface area contributed by atoms with Crippen LogP contribution in [-0.4, -0.2) is 51.7 Å². The van der Waals surface area contributed by atoms with E-state index in [0.717, 1.165) is 68.2 Å². The van der Waals surface area contributed by atoms with Crippen molar-refractivity contribution in [3.8, 4) is 0 Å². The molecule has 4 heterocycles. The van der Waals surface area contributed by atoms with E-state index >= 15 is 0 Å². The van der Waals surface area contributed by atoms with Crippen molar-refractivity contribution in [3.05, 3.63) is 34.8 Å². The molecule has 1 saturated carbocycles. The number of hydrogen-bond donors (Lipinski definition) is 3. The van der Waals surface area contributed by atoms with Crippen LogP contribution in [-0.2, 0) is 39.6 Å². The van der Waals surface area contributed by atoms with Gasteiger partial charge < -0.3 is 20.7 Å². The molecule has 2 aromatic rings. The first-order chi connectivity index (χ1) is 18.9. The third kappa shape index (κ3) is 4.73. The maximum absolute atomic E-state index is 13.7. The fourth-order valence-electron chi connectivity index (χ4n) is 6.98. The minimum Gasteiger partial charge on any atom is -0.381 e. The summed E-state index contributed by atoms with van der Waals surface area (Å²) >= 11 is 0. The predicted molar refractivity (Wildman–Crippen MR) is 145 cm³/mol. The van der Waals surface area contributed by atoms with Gasteiger partial charge in [-0.05, 0) is 63.2 Å². The molecule has 1 saturated heterocycles. The maximum Gasteiger partial charge on any atom is 0.270 e. The van der Waals surface area contributed by atoms with E-state index in [1.807, 2.05) is 0 Å². The van der Waals surface area contributed by atoms with Crippen molar-refractivity contribution in [2.24, 2.45) is 18.9 Å². The number of amides is 3. The second-order valence-corrected chi connectivity index (χ2v) is 11.8. The van der Waals surface area contributed by atoms with E-state index in [9.17, 15) is 14.4 Å². The summed E-state index contributed by atoms with van der Waals surface area (Å²) in [7, 11) is 1.80. The molecule has 6 rings (SSSR count). The van der Waals surface area contributed by atoms with E-state index in [1.165, 1.54) is 0 Å². The minimum atomic E-state index is -0.689. The molecule has 10 heteroatoms. The number of anilines is 2. The molecule has 1 spiro atoms. The van der Waals surface area contributed by atoms with Gasteiger partial charge in [0.25, 0.3) is 5.91 Å². The Hall–Kier alpha value is -3.27. The van der Waals surface area contributed by atoms with Crippen LogP contribution in [0.2, 0.25) is 0 Å². The van der Waals surface area contributed by atoms with Gasteiger partial charge in [0.1, 0.15) is 17.6 Å². The second-order valence-electron chi connectivity index (χ2n) is 11.8. The first kappa shape index (κ1) is 26.0. The average Bonchev–Trinajstić information content (AvgIpc) is 3.40. The van der Waals surface area contributed by atoms with Gasteiger partial charge in [-0.3, -0.25) is 19.1 Å². The maximum atomic E-state index is 13.7. The van der Waals surface area contributed by atoms with E-state index in [2.05, 4.69) is 33.0 Å². The first-order valence-electron chi connectivity index (χ1n) is 14.4. The standard InChI is InChI=1S/C29H38N6O4/c1-17-7-9-18(10-8-17)24(33-27(37)25-19-5-3-4-6-21(19)34-35(25)2)26(36)32-23-15-22-20(16-30-23)29(28(38)31-22)11-13-39-14-12-29/h15-18,24H,3-14H2,1-2H3,(H,31,38)(H,33,37)(H,30,32,36). The zero-order chi connectivity index (χ0) is 27.1. The number of nitrogens with zero attached hydrogens (tertiary/aromatic N) is 3. The number of carbonyl (C=O) groups is 3. The van der Waals surface area contributed by atoms with Crippen LogP contribution >= 0.6 is 0 Å². The van der Waals surface area contributed by atoms with Crippen LogP contribution in [0.5, 0.6) is 0 Å². The van der Waals surface area contributed by atoms with E-state index < -0.39 is 11.5 Å². The fraction of sp³-hybridized carbons (Fsp3) is 0.621. The zero-order valence-corrected chi connectivity index (χ0v) is 22.8. The van der Waals surface area contributed by atoms with Gasteiger partial charge in [-0.1, -0.05) is 19.8 Å². The number of nitrogens with one attached hydrogen (secondary N) is 3. The quantitative estimate of drug-likeness (QED) is 0.540. The van der Waals surface area contributed by atoms with Crippen molar-refractivity contribution in [2.45, 2.75) is 82.6 Å². The number of aromatic nitrogens is 3. The average molecular weight is 535 g/mol. The number of carbonyl (C=O) groups excluding carboxylic acids is 3. The lowest BCUT2D eigenvalue weighted by molar-refractivity contribution is -0.124. The lowest BCUT2D eigenvalue weighted by Gasteiger charge is -2.32. The highest BCUT2D eigenvalue weighted by atomic mass is 16.5. The Bertz CT molecular complexity index is 1290. The van der Waals surface area contributed by atoms with Crippen molar-refractivity contribution in [1.82, 2.24) is 20.1 Å². The van der Waals surface area contributed by atoms with Crippen LogP contribution in [0.1, 0.15) is 85.6 Å². The molecule has 0 bridgehead atoms. The molecule has 2 aliphatic carbocycles. The highest BCUT2D eigenvalue weighted by Crippen LogP contribution is 2.44. The summed E-state index contributed by atoms with van der Waals surface area (Å²) in [6, 6.07) is 1.04. The molecular weight excluding hydrogens is 496 g/mol. The van der Waals surface area contributed by atoms with E-state index in [4.69, 9.17) is 4.74 Å². The molecule has 39 heavy (non-hydrogen) atoms. The lowest BCUT2D eigenvalue weighted by atomic mass is 9.76. The molecule has 4 aliphatic rings. The summed E-state index contributed by atoms with van der Waals surface area (Å²) in [5, 5.41) is 13.6. The summed E-state index contributed by atoms with van der Waals surface area (Å²) in [5.41, 5.74) is 3.50. The van der Waals surface area contributed by atoms with Crippen LogP contribution in [0.25, 0.3) is 0 Å². The monoisotopic (exact) mass is 534 g/mol. The molecule has 3 amide bonds. The third-order valence-corrected chi connectivity index (χ3v) is 9.33. The van der Waals surface area contributed by atoms with Gasteiger partial charge in [-0.15, -0.1) is 0 Å². The van der Waals surface area contributed by atoms with Crippen molar-refractivity contribution in [2.75, 3.05) is 23.8 Å². The molecular formula is C29H38N6O4. The Kier molecular flexibility index (Phi) is 6.91. The number of hydrogen-bond acceptors (Lipinski definition) is 6. The highest BCUT2D eigenvalue weighted by molar-refractivity contribution is 6.07. The van der Waals surface area contributed by atoms with Gasteiger partial charge >= 0.3 is 0 Å². The number of rotatable bonds is 5. The third-order valence-electron chi connectivity index (χ3n) is 9.33. The van der Waals surface area contributed by atoms with Crippen LogP contribution in [0, 0.1) is 11.8 Å². The summed E-state index contributed by atoms with van der Waals surface area (Å²) in [6.45, 7) is 3.30. The van der Waals surface area contributed by atoms with Gasteiger partial charge in [-0.25, -0.2) is 4.98 Å². The number of ether oxygens (including phenoxy) is 1. The van der Waals surface area contributed by atoms with E-state index in [1.54, 1.807) is 24.0 Å². The predicted octanol–water partition coefficient (Wildman–Crippen LogP) is 3.26. The highest BCUT2D eigenvalue weighted by Gasteiger charge is 2.48. The molecule has 1 unspecified atom stereocenters. The van der Waals surface area contributed by atoms with Gasteiger partial charge in [0.2, 0.25) is 11.8 Å². The molecule has 1 atom stereocenters. The van der Waals surface area contributed by atoms with Gasteiger partial charge in [0.05, 0.1) is 16.8 Å². The van der Waals surface area contributed by atoms with Gasteiger partial charge in [-0.2, -0.15) is 5.10 Å². The SMILES string of the molecule is CC1CCC(C(NC(=O)c2c3c(nn2C)CCCC3)C(=O)Nc2cc3c(cn2)C2(CCOCC2)C(=O)N3)CC1. The van der Waals surface area contributed by atoms with Gasteiger partial charge in [0.15, 0.2) is 0 Å². The van der Waals surface area contributed by atoms with Crippen molar-refractivity contribution < 1.29 is 19.1 Å². The fourth-order valence-corrected chi connectivity index (χ4v) is 6.98. The molecule has 2 aromatic heterocycles. The summed E-state index contributed by atoms with van der Waals surface area (Å²) < 4.78 is 7.15. The van der Waals surface area contributed by atoms with Crippen LogP contribution in [0.4, 0.5) is 11.5 Å². The normalized spacial score (nSPS) is 24.4. The van der Waals surface area contributed by atoms with Gasteiger partial charge in [0, 0.05) is 43.7 Å². The minimum absolute atomic E-state index is 0.0351. The van der Waals surface area contributed by atoms with Crippen molar-refractivity contribution >= 4 is 29.2 Å². The molecule has 2 fully saturated rings. The molecule has 0 radical (unpaired) electrons. The summed E-state index contributed by atoms with van der Waals surface area (Å²) in [5.74, 6) is 0.452. The smallest absolute Gasteiger partial charge is 0.270 e. The van der Waals surface area contributed by atoms with Crippen LogP contribution < -0.4 is 16.0 Å². The Balaban J connectivity index is 1.23. The Labute approximate surface area is 228 Å². The number of pyridine rings is 1. The molecule has 10 nitrogen and oxygen atoms in total. The van der Waals surface area contributed by atoms with Crippen molar-refractivity contribution in [1.29, 1.82) is 0 Å². The number of aryl methyl sites for hydroxylation is 2. The Morgan fingerprint density at radius 1 is 1.15 bits per heavy atom. The molecule has 2 aliphatic heterocycles. The Morgan fingerprint density at radius 2 is 1.90 bits per heavy atom. The number of fused-ring (bicyclic) bond motifs is 3. The van der Waals surface area contributed by atoms with Crippen LogP contribution in [0.15, 0.2) is 12.3 Å². The molecule has 3 N–H and O–H groups in total. The van der Waals surface area contributed by atoms with E-state index in [0.29, 0.717) is 49.2 Å². The largest absolute Gasteiger partial charge is 0.381 e. The zero-order valence-electron chi connectivity index (χ0n) is 22.8. The summed E-state index contributed by atoms with van der Waals surface area (Å²) in [4.78, 5) is 44.8. The van der Waals surface area contributed by atoms with Crippen LogP contribution in [0.3, 0.4) is 0 Å². The molecule has 0 aromatic carbocycles. The topological polar surface area (TPSA) is 127 Å². The second kappa shape index (κ2) is 10.4. The first-order valence-corrected chi connectivity index (χ1v) is 14.4. The molecule has 208 valence electrons. The summed E-state index contributed by atoms with van der Waals surface area (Å²) in [6.07, 6.45) is 10.6.